The summed E-state index contributed by atoms with van der Waals surface area (Å²) in [5.41, 5.74) is 6.08. The van der Waals surface area contributed by atoms with Crippen molar-refractivity contribution >= 4 is 17.0 Å². The van der Waals surface area contributed by atoms with Crippen molar-refractivity contribution < 1.29 is 0 Å². The molecule has 60 valence electrons. The van der Waals surface area contributed by atoms with Gasteiger partial charge in [-0.1, -0.05) is 0 Å². The van der Waals surface area contributed by atoms with Crippen molar-refractivity contribution in [3.05, 3.63) is 15.8 Å². The summed E-state index contributed by atoms with van der Waals surface area (Å²) in [7, 11) is 2.08. The molecule has 1 aromatic rings. The smallest absolute Gasteiger partial charge is 0.0684 e. The summed E-state index contributed by atoms with van der Waals surface area (Å²) in [6.45, 7) is 3.24. The second-order valence-electron chi connectivity index (χ2n) is 2.91. The van der Waals surface area contributed by atoms with Crippen LogP contribution < -0.4 is 10.4 Å². The summed E-state index contributed by atoms with van der Waals surface area (Å²) >= 11 is 1.87. The monoisotopic (exact) mass is 168 g/mol. The van der Waals surface area contributed by atoms with Gasteiger partial charge in [0.1, 0.15) is 0 Å². The Bertz CT molecular complexity index is 267. The minimum Gasteiger partial charge on any atom is -0.310 e. The van der Waals surface area contributed by atoms with Crippen molar-refractivity contribution in [1.82, 2.24) is 5.43 Å². The van der Waals surface area contributed by atoms with Crippen molar-refractivity contribution in [3.63, 3.8) is 0 Å². The highest BCUT2D eigenvalue weighted by atomic mass is 32.1. The third kappa shape index (κ3) is 1.04. The number of fused-ring (bicyclic) bond motifs is 1. The summed E-state index contributed by atoms with van der Waals surface area (Å²) in [6, 6.07) is 0. The normalized spacial score (nSPS) is 16.7. The number of nitrogens with one attached hydrogen (secondary N) is 1. The topological polar surface area (TPSA) is 15.3 Å². The fourth-order valence-corrected chi connectivity index (χ4v) is 2.60. The van der Waals surface area contributed by atoms with E-state index >= 15 is 0 Å². The van der Waals surface area contributed by atoms with E-state index in [0.717, 1.165) is 6.54 Å². The van der Waals surface area contributed by atoms with Gasteiger partial charge in [0.25, 0.3) is 0 Å². The summed E-state index contributed by atoms with van der Waals surface area (Å²) in [5.74, 6) is 0. The Morgan fingerprint density at radius 3 is 3.18 bits per heavy atom. The molecule has 2 nitrogen and oxygen atoms in total. The average molecular weight is 168 g/mol. The van der Waals surface area contributed by atoms with Gasteiger partial charge in [0.2, 0.25) is 0 Å². The average Bonchev–Trinajstić information content (AvgIpc) is 2.34. The molecule has 0 saturated heterocycles. The molecule has 0 atom stereocenters. The molecule has 0 fully saturated rings. The van der Waals surface area contributed by atoms with Crippen LogP contribution in [-0.4, -0.2) is 13.6 Å². The summed E-state index contributed by atoms with van der Waals surface area (Å²) < 4.78 is 0. The van der Waals surface area contributed by atoms with Crippen LogP contribution in [0.5, 0.6) is 0 Å². The fraction of sp³-hybridized carbons (Fsp3) is 0.500. The van der Waals surface area contributed by atoms with Gasteiger partial charge in [-0.3, -0.25) is 0 Å². The molecule has 0 bridgehead atoms. The summed E-state index contributed by atoms with van der Waals surface area (Å²) in [4.78, 5) is 1.52. The zero-order valence-electron chi connectivity index (χ0n) is 6.85. The maximum atomic E-state index is 3.31. The van der Waals surface area contributed by atoms with Crippen LogP contribution in [0, 0.1) is 6.92 Å². The molecule has 0 unspecified atom stereocenters. The van der Waals surface area contributed by atoms with Crippen LogP contribution in [0.15, 0.2) is 5.38 Å². The van der Waals surface area contributed by atoms with Gasteiger partial charge in [-0.2, -0.15) is 0 Å². The van der Waals surface area contributed by atoms with E-state index in [-0.39, 0.29) is 0 Å². The molecule has 1 N–H and O–H groups in total. The van der Waals surface area contributed by atoms with E-state index in [1.54, 1.807) is 0 Å². The van der Waals surface area contributed by atoms with E-state index in [0.29, 0.717) is 0 Å². The van der Waals surface area contributed by atoms with Crippen LogP contribution >= 0.6 is 11.3 Å². The van der Waals surface area contributed by atoms with Gasteiger partial charge >= 0.3 is 0 Å². The highest BCUT2D eigenvalue weighted by molar-refractivity contribution is 7.10. The molecule has 0 spiro atoms. The SMILES string of the molecule is Cc1csc2c1N(C)NCC2. The second-order valence-corrected chi connectivity index (χ2v) is 3.87. The molecular formula is C8H12N2S. The van der Waals surface area contributed by atoms with Crippen molar-refractivity contribution in [2.24, 2.45) is 0 Å². The van der Waals surface area contributed by atoms with Crippen LogP contribution in [0.25, 0.3) is 0 Å². The first kappa shape index (κ1) is 7.13. The molecule has 2 rings (SSSR count). The Balaban J connectivity index is 2.48. The first-order valence-electron chi connectivity index (χ1n) is 3.83. The third-order valence-corrected chi connectivity index (χ3v) is 3.21. The molecule has 0 aromatic carbocycles. The van der Waals surface area contributed by atoms with Crippen molar-refractivity contribution in [1.29, 1.82) is 0 Å². The molecule has 1 aliphatic rings. The number of anilines is 1. The molecule has 2 heterocycles. The van der Waals surface area contributed by atoms with Crippen molar-refractivity contribution in [2.45, 2.75) is 13.3 Å². The Morgan fingerprint density at radius 1 is 1.64 bits per heavy atom. The third-order valence-electron chi connectivity index (χ3n) is 2.05. The first-order chi connectivity index (χ1) is 5.29. The Labute approximate surface area is 70.8 Å². The van der Waals surface area contributed by atoms with Gasteiger partial charge in [-0.05, 0) is 24.3 Å². The largest absolute Gasteiger partial charge is 0.310 e. The minimum absolute atomic E-state index is 1.07. The molecular weight excluding hydrogens is 156 g/mol. The van der Waals surface area contributed by atoms with Crippen LogP contribution in [-0.2, 0) is 6.42 Å². The van der Waals surface area contributed by atoms with Crippen molar-refractivity contribution in [2.75, 3.05) is 18.6 Å². The molecule has 11 heavy (non-hydrogen) atoms. The van der Waals surface area contributed by atoms with Gasteiger partial charge in [-0.15, -0.1) is 11.3 Å². The maximum Gasteiger partial charge on any atom is 0.0684 e. The lowest BCUT2D eigenvalue weighted by atomic mass is 10.2. The quantitative estimate of drug-likeness (QED) is 0.632. The Hall–Kier alpha value is -0.540. The molecule has 1 aromatic heterocycles. The maximum absolute atomic E-state index is 3.31. The number of rotatable bonds is 0. The van der Waals surface area contributed by atoms with E-state index in [2.05, 4.69) is 29.8 Å². The predicted octanol–water partition coefficient (Wildman–Crippen LogP) is 1.55. The van der Waals surface area contributed by atoms with Crippen molar-refractivity contribution in [3.8, 4) is 0 Å². The highest BCUT2D eigenvalue weighted by Gasteiger charge is 2.16. The van der Waals surface area contributed by atoms with E-state index in [1.807, 2.05) is 11.3 Å². The van der Waals surface area contributed by atoms with E-state index in [4.69, 9.17) is 0 Å². The van der Waals surface area contributed by atoms with E-state index in [9.17, 15) is 0 Å². The number of hydrogen-bond acceptors (Lipinski definition) is 3. The predicted molar refractivity (Wildman–Crippen MR) is 49.2 cm³/mol. The molecule has 0 aliphatic carbocycles. The second kappa shape index (κ2) is 2.50. The zero-order chi connectivity index (χ0) is 7.84. The molecule has 0 amide bonds. The first-order valence-corrected chi connectivity index (χ1v) is 4.71. The number of hydrogen-bond donors (Lipinski definition) is 1. The lowest BCUT2D eigenvalue weighted by Gasteiger charge is -2.26. The fourth-order valence-electron chi connectivity index (χ4n) is 1.54. The zero-order valence-corrected chi connectivity index (χ0v) is 7.66. The molecule has 1 aliphatic heterocycles. The summed E-state index contributed by atoms with van der Waals surface area (Å²) in [6.07, 6.45) is 1.18. The summed E-state index contributed by atoms with van der Waals surface area (Å²) in [5, 5.41) is 4.36. The van der Waals surface area contributed by atoms with Crippen LogP contribution in [0.4, 0.5) is 5.69 Å². The number of thiophene rings is 1. The van der Waals surface area contributed by atoms with Crippen LogP contribution in [0.3, 0.4) is 0 Å². The van der Waals surface area contributed by atoms with Gasteiger partial charge in [0, 0.05) is 18.5 Å². The number of nitrogens with zero attached hydrogens (tertiary/aromatic N) is 1. The van der Waals surface area contributed by atoms with Crippen LogP contribution in [0.1, 0.15) is 10.4 Å². The number of aryl methyl sites for hydroxylation is 1. The lowest BCUT2D eigenvalue weighted by molar-refractivity contribution is 0.646. The standard InChI is InChI=1S/C8H12N2S/c1-6-5-11-7-3-4-9-10(2)8(6)7/h5,9H,3-4H2,1-2H3. The van der Waals surface area contributed by atoms with E-state index in [1.165, 1.54) is 22.5 Å². The minimum atomic E-state index is 1.07. The lowest BCUT2D eigenvalue weighted by Crippen LogP contribution is -2.39. The molecule has 0 radical (unpaired) electrons. The Morgan fingerprint density at radius 2 is 2.45 bits per heavy atom. The van der Waals surface area contributed by atoms with Gasteiger partial charge < -0.3 is 5.01 Å². The van der Waals surface area contributed by atoms with Crippen LogP contribution in [0.2, 0.25) is 0 Å². The number of hydrazine groups is 1. The molecule has 3 heteroatoms. The van der Waals surface area contributed by atoms with Gasteiger partial charge in [0.05, 0.1) is 5.69 Å². The Kier molecular flexibility index (Phi) is 1.62. The van der Waals surface area contributed by atoms with E-state index < -0.39 is 0 Å². The highest BCUT2D eigenvalue weighted by Crippen LogP contribution is 2.31. The van der Waals surface area contributed by atoms with Gasteiger partial charge in [-0.25, -0.2) is 5.43 Å². The molecule has 0 saturated carbocycles. The van der Waals surface area contributed by atoms with Gasteiger partial charge in [0.15, 0.2) is 0 Å².